The van der Waals surface area contributed by atoms with E-state index in [0.29, 0.717) is 11.1 Å². The van der Waals surface area contributed by atoms with Crippen molar-refractivity contribution in [3.05, 3.63) is 39.6 Å². The largest absolute Gasteiger partial charge is 0.382 e. The van der Waals surface area contributed by atoms with Gasteiger partial charge in [-0.15, -0.1) is 0 Å². The summed E-state index contributed by atoms with van der Waals surface area (Å²) in [5, 5.41) is 3.65. The summed E-state index contributed by atoms with van der Waals surface area (Å²) in [5.74, 6) is -0.491. The highest BCUT2D eigenvalue weighted by Gasteiger charge is 2.34. The number of rotatable bonds is 3. The summed E-state index contributed by atoms with van der Waals surface area (Å²) in [6.07, 6.45) is 0.741. The minimum atomic E-state index is -0.505. The zero-order chi connectivity index (χ0) is 13.3. The molecule has 5 heteroatoms. The van der Waals surface area contributed by atoms with Crippen molar-refractivity contribution in [3.63, 3.8) is 0 Å². The van der Waals surface area contributed by atoms with Crippen LogP contribution in [0, 0.1) is 5.82 Å². The van der Waals surface area contributed by atoms with Crippen molar-refractivity contribution in [2.75, 3.05) is 7.05 Å². The van der Waals surface area contributed by atoms with Gasteiger partial charge in [-0.1, -0.05) is 42.4 Å². The molecule has 0 bridgehead atoms. The quantitative estimate of drug-likeness (QED) is 0.922. The number of carbonyl (C=O) groups excluding carboxylic acids is 1. The van der Waals surface area contributed by atoms with Crippen molar-refractivity contribution >= 4 is 34.7 Å². The molecule has 0 radical (unpaired) electrons. The Bertz CT molecular complexity index is 530. The van der Waals surface area contributed by atoms with E-state index in [-0.39, 0.29) is 16.1 Å². The Hall–Kier alpha value is -1.00. The Labute approximate surface area is 115 Å². The summed E-state index contributed by atoms with van der Waals surface area (Å²) in [7, 11) is 1.75. The molecule has 2 rings (SSSR count). The smallest absolute Gasteiger partial charge is 0.179 e. The maximum absolute atomic E-state index is 13.5. The molecule has 96 valence electrons. The summed E-state index contributed by atoms with van der Waals surface area (Å²) in [4.78, 5) is 12.3. The first-order valence-electron chi connectivity index (χ1n) is 5.67. The monoisotopic (exact) mass is 285 g/mol. The van der Waals surface area contributed by atoms with Gasteiger partial charge in [-0.05, 0) is 12.5 Å². The van der Waals surface area contributed by atoms with Crippen molar-refractivity contribution in [2.24, 2.45) is 0 Å². The molecule has 1 aromatic carbocycles. The van der Waals surface area contributed by atoms with Crippen LogP contribution >= 0.6 is 23.4 Å². The fourth-order valence-corrected chi connectivity index (χ4v) is 3.27. The molecule has 1 aromatic rings. The molecular weight excluding hydrogens is 273 g/mol. The molecule has 1 atom stereocenters. The van der Waals surface area contributed by atoms with Crippen LogP contribution < -0.4 is 5.32 Å². The van der Waals surface area contributed by atoms with Crippen LogP contribution in [-0.4, -0.2) is 18.1 Å². The molecule has 1 unspecified atom stereocenters. The van der Waals surface area contributed by atoms with E-state index in [1.165, 1.54) is 17.8 Å². The zero-order valence-corrected chi connectivity index (χ0v) is 11.7. The molecule has 0 spiro atoms. The molecule has 0 aromatic heterocycles. The number of benzene rings is 1. The molecule has 0 saturated heterocycles. The third-order valence-corrected chi connectivity index (χ3v) is 4.70. The van der Waals surface area contributed by atoms with Crippen LogP contribution in [0.1, 0.15) is 18.9 Å². The van der Waals surface area contributed by atoms with Crippen LogP contribution in [0.15, 0.2) is 23.2 Å². The molecule has 1 heterocycles. The third kappa shape index (κ3) is 2.15. The first-order valence-corrected chi connectivity index (χ1v) is 6.93. The Morgan fingerprint density at radius 2 is 2.22 bits per heavy atom. The zero-order valence-electron chi connectivity index (χ0n) is 10.1. The van der Waals surface area contributed by atoms with E-state index in [1.54, 1.807) is 19.2 Å². The summed E-state index contributed by atoms with van der Waals surface area (Å²) < 4.78 is 13.5. The lowest BCUT2D eigenvalue weighted by molar-refractivity contribution is -0.113. The normalized spacial score (nSPS) is 19.6. The molecule has 0 aliphatic carbocycles. The average Bonchev–Trinajstić information content (AvgIpc) is 2.69. The number of hydrogen-bond acceptors (Lipinski definition) is 3. The van der Waals surface area contributed by atoms with E-state index in [0.717, 1.165) is 11.4 Å². The lowest BCUT2D eigenvalue weighted by Crippen LogP contribution is -2.12. The van der Waals surface area contributed by atoms with Gasteiger partial charge in [0.25, 0.3) is 0 Å². The first-order chi connectivity index (χ1) is 8.60. The van der Waals surface area contributed by atoms with E-state index in [9.17, 15) is 9.18 Å². The third-order valence-electron chi connectivity index (χ3n) is 2.84. The second-order valence-electron chi connectivity index (χ2n) is 3.93. The van der Waals surface area contributed by atoms with Crippen LogP contribution in [0.25, 0.3) is 5.57 Å². The van der Waals surface area contributed by atoms with Gasteiger partial charge in [-0.2, -0.15) is 0 Å². The number of thioether (sulfide) groups is 1. The van der Waals surface area contributed by atoms with Gasteiger partial charge in [0.15, 0.2) is 5.78 Å². The number of allylic oxidation sites excluding steroid dienone is 1. The van der Waals surface area contributed by atoms with Crippen molar-refractivity contribution in [1.82, 2.24) is 5.32 Å². The fraction of sp³-hybridized carbons (Fsp3) is 0.308. The van der Waals surface area contributed by atoms with Crippen molar-refractivity contribution in [3.8, 4) is 0 Å². The molecule has 18 heavy (non-hydrogen) atoms. The molecule has 0 amide bonds. The van der Waals surface area contributed by atoms with Crippen molar-refractivity contribution in [2.45, 2.75) is 18.6 Å². The maximum Gasteiger partial charge on any atom is 0.179 e. The number of ketones is 1. The molecule has 0 saturated carbocycles. The highest BCUT2D eigenvalue weighted by molar-refractivity contribution is 8.05. The SMILES string of the molecule is CCC1SC(NC)=C(c2cccc(F)c2Cl)C1=O. The lowest BCUT2D eigenvalue weighted by Gasteiger charge is -2.07. The van der Waals surface area contributed by atoms with E-state index >= 15 is 0 Å². The first kappa shape index (κ1) is 13.4. The van der Waals surface area contributed by atoms with E-state index < -0.39 is 5.82 Å². The van der Waals surface area contributed by atoms with Gasteiger partial charge in [0.1, 0.15) is 5.82 Å². The number of carbonyl (C=O) groups is 1. The van der Waals surface area contributed by atoms with Gasteiger partial charge >= 0.3 is 0 Å². The van der Waals surface area contributed by atoms with Crippen LogP contribution in [0.3, 0.4) is 0 Å². The van der Waals surface area contributed by atoms with E-state index in [1.807, 2.05) is 6.92 Å². The van der Waals surface area contributed by atoms with Crippen molar-refractivity contribution in [1.29, 1.82) is 0 Å². The Morgan fingerprint density at radius 3 is 2.83 bits per heavy atom. The van der Waals surface area contributed by atoms with Crippen LogP contribution in [0.5, 0.6) is 0 Å². The number of nitrogens with one attached hydrogen (secondary N) is 1. The van der Waals surface area contributed by atoms with E-state index in [2.05, 4.69) is 5.32 Å². The highest BCUT2D eigenvalue weighted by atomic mass is 35.5. The summed E-state index contributed by atoms with van der Waals surface area (Å²) in [5.41, 5.74) is 0.966. The molecule has 1 aliphatic heterocycles. The fourth-order valence-electron chi connectivity index (χ4n) is 1.93. The van der Waals surface area contributed by atoms with Gasteiger partial charge in [0, 0.05) is 12.6 Å². The minimum absolute atomic E-state index is 0.00551. The predicted octanol–water partition coefficient (Wildman–Crippen LogP) is 3.46. The Balaban J connectivity index is 2.54. The van der Waals surface area contributed by atoms with Crippen LogP contribution in [-0.2, 0) is 4.79 Å². The predicted molar refractivity (Wildman–Crippen MR) is 74.1 cm³/mol. The van der Waals surface area contributed by atoms with Gasteiger partial charge in [-0.3, -0.25) is 4.79 Å². The molecule has 2 nitrogen and oxygen atoms in total. The summed E-state index contributed by atoms with van der Waals surface area (Å²) in [6, 6.07) is 4.53. The molecule has 0 fully saturated rings. The standard InChI is InChI=1S/C13H13ClFNOS/c1-3-9-12(17)10(13(16-2)18-9)7-5-4-6-8(15)11(7)14/h4-6,9,16H,3H2,1-2H3. The molecule has 1 aliphatic rings. The highest BCUT2D eigenvalue weighted by Crippen LogP contribution is 2.42. The van der Waals surface area contributed by atoms with E-state index in [4.69, 9.17) is 11.6 Å². The van der Waals surface area contributed by atoms with Gasteiger partial charge < -0.3 is 5.32 Å². The number of hydrogen-bond donors (Lipinski definition) is 1. The minimum Gasteiger partial charge on any atom is -0.382 e. The molecule has 1 N–H and O–H groups in total. The van der Waals surface area contributed by atoms with Gasteiger partial charge in [0.05, 0.1) is 20.9 Å². The number of halogens is 2. The van der Waals surface area contributed by atoms with Crippen molar-refractivity contribution < 1.29 is 9.18 Å². The Morgan fingerprint density at radius 1 is 1.50 bits per heavy atom. The second kappa shape index (κ2) is 5.33. The van der Waals surface area contributed by atoms with Gasteiger partial charge in [0.2, 0.25) is 0 Å². The molecular formula is C13H13ClFNOS. The average molecular weight is 286 g/mol. The van der Waals surface area contributed by atoms with Crippen LogP contribution in [0.2, 0.25) is 5.02 Å². The number of Topliss-reactive ketones (excluding diaryl/α,β-unsaturated/α-hetero) is 1. The van der Waals surface area contributed by atoms with Crippen LogP contribution in [0.4, 0.5) is 4.39 Å². The second-order valence-corrected chi connectivity index (χ2v) is 5.53. The summed E-state index contributed by atoms with van der Waals surface area (Å²) in [6.45, 7) is 1.96. The van der Waals surface area contributed by atoms with Gasteiger partial charge in [-0.25, -0.2) is 4.39 Å². The topological polar surface area (TPSA) is 29.1 Å². The lowest BCUT2D eigenvalue weighted by atomic mass is 9.99. The summed E-state index contributed by atoms with van der Waals surface area (Å²) >= 11 is 7.43. The maximum atomic E-state index is 13.5. The Kier molecular flexibility index (Phi) is 3.97.